The zero-order chi connectivity index (χ0) is 34.5. The van der Waals surface area contributed by atoms with E-state index < -0.39 is 0 Å². The highest BCUT2D eigenvalue weighted by molar-refractivity contribution is 6.12. The van der Waals surface area contributed by atoms with E-state index >= 15 is 0 Å². The molecule has 248 valence electrons. The van der Waals surface area contributed by atoms with Crippen LogP contribution in [-0.4, -0.2) is 9.13 Å². The van der Waals surface area contributed by atoms with Gasteiger partial charge in [0.25, 0.3) is 0 Å². The molecular formula is C48H42N3+. The van der Waals surface area contributed by atoms with E-state index in [4.69, 9.17) is 0 Å². The van der Waals surface area contributed by atoms with Gasteiger partial charge in [0.05, 0.1) is 38.4 Å². The second-order valence-electron chi connectivity index (χ2n) is 14.7. The first-order chi connectivity index (χ1) is 25.0. The summed E-state index contributed by atoms with van der Waals surface area (Å²) in [6, 6.07) is 52.1. The van der Waals surface area contributed by atoms with Gasteiger partial charge >= 0.3 is 0 Å². The predicted octanol–water partition coefficient (Wildman–Crippen LogP) is 12.2. The Labute approximate surface area is 299 Å². The quantitative estimate of drug-likeness (QED) is 0.163. The van der Waals surface area contributed by atoms with E-state index in [2.05, 4.69) is 187 Å². The molecule has 3 nitrogen and oxygen atoms in total. The second kappa shape index (κ2) is 10.9. The van der Waals surface area contributed by atoms with Crippen LogP contribution < -0.4 is 4.57 Å². The molecule has 0 amide bonds. The van der Waals surface area contributed by atoms with E-state index in [0.717, 1.165) is 19.3 Å². The van der Waals surface area contributed by atoms with Crippen LogP contribution in [0, 0.1) is 0 Å². The minimum Gasteiger partial charge on any atom is -0.309 e. The monoisotopic (exact) mass is 660 g/mol. The van der Waals surface area contributed by atoms with Gasteiger partial charge in [-0.15, -0.1) is 0 Å². The first-order valence-corrected chi connectivity index (χ1v) is 18.6. The number of fused-ring (bicyclic) bond motifs is 11. The van der Waals surface area contributed by atoms with Crippen LogP contribution in [0.3, 0.4) is 0 Å². The third-order valence-corrected chi connectivity index (χ3v) is 12.8. The summed E-state index contributed by atoms with van der Waals surface area (Å²) >= 11 is 0. The topological polar surface area (TPSA) is 13.7 Å². The Kier molecular flexibility index (Phi) is 6.46. The number of pyridine rings is 1. The van der Waals surface area contributed by atoms with Crippen LogP contribution in [0.5, 0.6) is 0 Å². The van der Waals surface area contributed by atoms with E-state index in [-0.39, 0.29) is 11.0 Å². The summed E-state index contributed by atoms with van der Waals surface area (Å²) in [5, 5.41) is 7.70. The third kappa shape index (κ3) is 3.87. The standard InChI is InChI=1S/C48H42N3/c1-5-47(4)41-27-25-33(30-40(41)46-35-17-9-8-16-32(35)28-29-49(46)48(47,6-2)7-3)51-44-23-15-12-20-38(44)39-26-24-34(31-45(39)51)50-42-21-13-10-18-36(42)37-19-11-14-22-43(37)50/h8-31H,5-7H2,1-4H3/q+1. The lowest BCUT2D eigenvalue weighted by atomic mass is 9.58. The van der Waals surface area contributed by atoms with Crippen LogP contribution >= 0.6 is 0 Å². The molecular weight excluding hydrogens is 619 g/mol. The Balaban J connectivity index is 1.29. The van der Waals surface area contributed by atoms with Crippen molar-refractivity contribution in [1.29, 1.82) is 0 Å². The molecule has 0 saturated carbocycles. The molecule has 9 aromatic rings. The molecule has 1 unspecified atom stereocenters. The van der Waals surface area contributed by atoms with Crippen LogP contribution in [0.2, 0.25) is 0 Å². The average molecular weight is 661 g/mol. The molecule has 0 fully saturated rings. The lowest BCUT2D eigenvalue weighted by Crippen LogP contribution is -2.68. The van der Waals surface area contributed by atoms with Gasteiger partial charge in [0, 0.05) is 51.8 Å². The molecule has 51 heavy (non-hydrogen) atoms. The Hall–Kier alpha value is -5.67. The average Bonchev–Trinajstić information content (AvgIpc) is 3.70. The van der Waals surface area contributed by atoms with Crippen molar-refractivity contribution < 1.29 is 4.57 Å². The summed E-state index contributed by atoms with van der Waals surface area (Å²) in [4.78, 5) is 0. The van der Waals surface area contributed by atoms with Crippen molar-refractivity contribution in [2.45, 2.75) is 57.9 Å². The Morgan fingerprint density at radius 2 is 1.00 bits per heavy atom. The van der Waals surface area contributed by atoms with Gasteiger partial charge in [-0.1, -0.05) is 106 Å². The van der Waals surface area contributed by atoms with Crippen molar-refractivity contribution in [2.24, 2.45) is 0 Å². The maximum atomic E-state index is 2.66. The number of aromatic nitrogens is 3. The second-order valence-corrected chi connectivity index (χ2v) is 14.7. The zero-order valence-corrected chi connectivity index (χ0v) is 29.8. The summed E-state index contributed by atoms with van der Waals surface area (Å²) in [6.07, 6.45) is 5.59. The summed E-state index contributed by atoms with van der Waals surface area (Å²) in [5.41, 5.74) is 11.3. The van der Waals surface area contributed by atoms with Crippen molar-refractivity contribution in [3.8, 4) is 22.6 Å². The van der Waals surface area contributed by atoms with Crippen LogP contribution in [0.1, 0.15) is 52.5 Å². The van der Waals surface area contributed by atoms with E-state index in [0.29, 0.717) is 0 Å². The number of hydrogen-bond acceptors (Lipinski definition) is 0. The molecule has 0 aliphatic carbocycles. The van der Waals surface area contributed by atoms with Crippen molar-refractivity contribution in [1.82, 2.24) is 9.13 Å². The summed E-state index contributed by atoms with van der Waals surface area (Å²) in [5.74, 6) is 0. The van der Waals surface area contributed by atoms with Crippen molar-refractivity contribution >= 4 is 54.4 Å². The maximum Gasteiger partial charge on any atom is 0.221 e. The van der Waals surface area contributed by atoms with Crippen LogP contribution in [0.4, 0.5) is 0 Å². The fraction of sp³-hybridized carbons (Fsp3) is 0.188. The number of para-hydroxylation sites is 3. The van der Waals surface area contributed by atoms with E-state index in [9.17, 15) is 0 Å². The van der Waals surface area contributed by atoms with Crippen molar-refractivity contribution in [3.63, 3.8) is 0 Å². The molecule has 10 rings (SSSR count). The van der Waals surface area contributed by atoms with Gasteiger partial charge in [-0.2, -0.15) is 4.57 Å². The zero-order valence-electron chi connectivity index (χ0n) is 29.8. The fourth-order valence-electron chi connectivity index (χ4n) is 10.2. The summed E-state index contributed by atoms with van der Waals surface area (Å²) < 4.78 is 7.60. The number of hydrogen-bond donors (Lipinski definition) is 0. The highest BCUT2D eigenvalue weighted by atomic mass is 15.1. The highest BCUT2D eigenvalue weighted by Crippen LogP contribution is 2.53. The molecule has 4 heterocycles. The number of benzene rings is 6. The van der Waals surface area contributed by atoms with Crippen molar-refractivity contribution in [2.75, 3.05) is 0 Å². The maximum absolute atomic E-state index is 2.66. The number of rotatable bonds is 5. The van der Waals surface area contributed by atoms with Gasteiger partial charge < -0.3 is 9.13 Å². The molecule has 1 atom stereocenters. The highest BCUT2D eigenvalue weighted by Gasteiger charge is 2.58. The van der Waals surface area contributed by atoms with Crippen LogP contribution in [0.25, 0.3) is 77.0 Å². The molecule has 3 aromatic heterocycles. The SMILES string of the molecule is CCC1(C)c2ccc(-n3c4ccccc4c4ccc(-n5c6ccccc6c6ccccc65)cc43)cc2-c2c3ccccc3cc[n+]2C1(CC)CC. The first-order valence-electron chi connectivity index (χ1n) is 18.6. The van der Waals surface area contributed by atoms with Gasteiger partial charge in [-0.25, -0.2) is 0 Å². The molecule has 0 N–H and O–H groups in total. The molecule has 1 aliphatic heterocycles. The minimum absolute atomic E-state index is 0.0281. The third-order valence-electron chi connectivity index (χ3n) is 12.8. The Bertz CT molecular complexity index is 2790. The van der Waals surface area contributed by atoms with Crippen LogP contribution in [-0.2, 0) is 11.0 Å². The first kappa shape index (κ1) is 30.2. The predicted molar refractivity (Wildman–Crippen MR) is 214 cm³/mol. The van der Waals surface area contributed by atoms with E-state index in [1.54, 1.807) is 0 Å². The molecule has 0 saturated heterocycles. The summed E-state index contributed by atoms with van der Waals surface area (Å²) in [7, 11) is 0. The summed E-state index contributed by atoms with van der Waals surface area (Å²) in [6.45, 7) is 9.67. The number of nitrogens with zero attached hydrogens (tertiary/aromatic N) is 3. The van der Waals surface area contributed by atoms with Gasteiger partial charge in [-0.05, 0) is 72.8 Å². The lowest BCUT2D eigenvalue weighted by Gasteiger charge is -2.48. The fourth-order valence-corrected chi connectivity index (χ4v) is 10.2. The minimum atomic E-state index is -0.0327. The molecule has 0 bridgehead atoms. The van der Waals surface area contributed by atoms with Gasteiger partial charge in [0.15, 0.2) is 11.7 Å². The molecule has 0 spiro atoms. The molecule has 1 aliphatic rings. The van der Waals surface area contributed by atoms with Gasteiger partial charge in [0.1, 0.15) is 0 Å². The Morgan fingerprint density at radius 3 is 1.61 bits per heavy atom. The molecule has 6 aromatic carbocycles. The smallest absolute Gasteiger partial charge is 0.221 e. The van der Waals surface area contributed by atoms with Gasteiger partial charge in [-0.3, -0.25) is 0 Å². The van der Waals surface area contributed by atoms with E-state index in [1.807, 2.05) is 0 Å². The van der Waals surface area contributed by atoms with Crippen molar-refractivity contribution in [3.05, 3.63) is 151 Å². The normalized spacial score (nSPS) is 16.7. The van der Waals surface area contributed by atoms with E-state index in [1.165, 1.54) is 82.6 Å². The molecule has 0 radical (unpaired) electrons. The largest absolute Gasteiger partial charge is 0.309 e. The molecule has 3 heteroatoms. The lowest BCUT2D eigenvalue weighted by molar-refractivity contribution is -0.768. The van der Waals surface area contributed by atoms with Crippen LogP contribution in [0.15, 0.2) is 146 Å². The Morgan fingerprint density at radius 1 is 0.490 bits per heavy atom. The van der Waals surface area contributed by atoms with Gasteiger partial charge in [0.2, 0.25) is 5.69 Å².